The first kappa shape index (κ1) is 17.5. The van der Waals surface area contributed by atoms with Crippen molar-refractivity contribution in [3.05, 3.63) is 29.8 Å². The van der Waals surface area contributed by atoms with Gasteiger partial charge in [-0.3, -0.25) is 14.4 Å². The van der Waals surface area contributed by atoms with Gasteiger partial charge in [0.05, 0.1) is 0 Å². The third-order valence-electron chi connectivity index (χ3n) is 4.71. The summed E-state index contributed by atoms with van der Waals surface area (Å²) in [4.78, 5) is 38.4. The van der Waals surface area contributed by atoms with E-state index in [0.29, 0.717) is 30.8 Å². The molecule has 0 spiro atoms. The number of amides is 3. The molecule has 134 valence electrons. The molecular formula is C19H25N3O3. The predicted octanol–water partition coefficient (Wildman–Crippen LogP) is 2.17. The van der Waals surface area contributed by atoms with Crippen molar-refractivity contribution in [2.24, 2.45) is 5.92 Å². The average molecular weight is 343 g/mol. The number of benzene rings is 1. The second-order valence-corrected chi connectivity index (χ2v) is 6.79. The first-order valence-electron chi connectivity index (χ1n) is 9.09. The molecule has 1 unspecified atom stereocenters. The third kappa shape index (κ3) is 4.18. The number of nitrogens with zero attached hydrogens (tertiary/aromatic N) is 1. The molecular weight excluding hydrogens is 318 g/mol. The van der Waals surface area contributed by atoms with Gasteiger partial charge in [-0.15, -0.1) is 0 Å². The Bertz CT molecular complexity index is 652. The van der Waals surface area contributed by atoms with Crippen LogP contribution in [0.15, 0.2) is 24.3 Å². The summed E-state index contributed by atoms with van der Waals surface area (Å²) in [6.45, 7) is 3.23. The van der Waals surface area contributed by atoms with Gasteiger partial charge in [0.1, 0.15) is 6.04 Å². The lowest BCUT2D eigenvalue weighted by atomic mass is 10.1. The van der Waals surface area contributed by atoms with Crippen LogP contribution < -0.4 is 10.6 Å². The van der Waals surface area contributed by atoms with Gasteiger partial charge >= 0.3 is 0 Å². The van der Waals surface area contributed by atoms with Crippen LogP contribution in [0.1, 0.15) is 49.4 Å². The Balaban J connectivity index is 1.63. The first-order chi connectivity index (χ1) is 12.1. The van der Waals surface area contributed by atoms with Gasteiger partial charge in [0.25, 0.3) is 5.91 Å². The number of rotatable bonds is 6. The Morgan fingerprint density at radius 2 is 1.80 bits per heavy atom. The van der Waals surface area contributed by atoms with Crippen LogP contribution in [0.2, 0.25) is 0 Å². The van der Waals surface area contributed by atoms with Crippen LogP contribution in [0.25, 0.3) is 0 Å². The molecule has 3 amide bonds. The van der Waals surface area contributed by atoms with Gasteiger partial charge in [-0.2, -0.15) is 0 Å². The van der Waals surface area contributed by atoms with Crippen LogP contribution >= 0.6 is 0 Å². The van der Waals surface area contributed by atoms with E-state index >= 15 is 0 Å². The number of hydrogen-bond donors (Lipinski definition) is 2. The molecule has 1 atom stereocenters. The van der Waals surface area contributed by atoms with Gasteiger partial charge in [-0.25, -0.2) is 0 Å². The van der Waals surface area contributed by atoms with E-state index in [1.165, 1.54) is 0 Å². The highest BCUT2D eigenvalue weighted by molar-refractivity contribution is 5.99. The lowest BCUT2D eigenvalue weighted by Gasteiger charge is -2.24. The van der Waals surface area contributed by atoms with E-state index in [9.17, 15) is 14.4 Å². The quantitative estimate of drug-likeness (QED) is 0.831. The molecule has 1 aliphatic carbocycles. The Morgan fingerprint density at radius 3 is 2.44 bits per heavy atom. The van der Waals surface area contributed by atoms with Crippen LogP contribution in [0, 0.1) is 5.92 Å². The van der Waals surface area contributed by atoms with Gasteiger partial charge in [-0.1, -0.05) is 6.92 Å². The van der Waals surface area contributed by atoms with Crippen molar-refractivity contribution in [1.82, 2.24) is 10.2 Å². The number of carbonyl (C=O) groups excluding carboxylic acids is 3. The van der Waals surface area contributed by atoms with Crippen molar-refractivity contribution in [2.45, 2.75) is 45.1 Å². The van der Waals surface area contributed by atoms with Crippen molar-refractivity contribution in [3.8, 4) is 0 Å². The van der Waals surface area contributed by atoms with Gasteiger partial charge in [0.15, 0.2) is 0 Å². The first-order valence-corrected chi connectivity index (χ1v) is 9.09. The zero-order valence-corrected chi connectivity index (χ0v) is 14.6. The molecule has 1 saturated heterocycles. The fourth-order valence-corrected chi connectivity index (χ4v) is 3.10. The molecule has 1 aromatic carbocycles. The molecule has 6 nitrogen and oxygen atoms in total. The molecule has 2 fully saturated rings. The minimum absolute atomic E-state index is 0.0475. The normalized spacial score (nSPS) is 19.6. The van der Waals surface area contributed by atoms with Gasteiger partial charge in [0.2, 0.25) is 11.8 Å². The Morgan fingerprint density at radius 1 is 1.08 bits per heavy atom. The second-order valence-electron chi connectivity index (χ2n) is 6.79. The molecule has 6 heteroatoms. The molecule has 0 bridgehead atoms. The highest BCUT2D eigenvalue weighted by atomic mass is 16.2. The molecule has 1 saturated carbocycles. The van der Waals surface area contributed by atoms with Crippen LogP contribution in [0.5, 0.6) is 0 Å². The van der Waals surface area contributed by atoms with E-state index in [2.05, 4.69) is 10.6 Å². The maximum absolute atomic E-state index is 12.7. The highest BCUT2D eigenvalue weighted by Gasteiger charge is 2.34. The molecule has 2 N–H and O–H groups in total. The van der Waals surface area contributed by atoms with Crippen molar-refractivity contribution in [2.75, 3.05) is 18.4 Å². The van der Waals surface area contributed by atoms with E-state index in [4.69, 9.17) is 0 Å². The molecule has 25 heavy (non-hydrogen) atoms. The summed E-state index contributed by atoms with van der Waals surface area (Å²) in [5.41, 5.74) is 1.24. The Hall–Kier alpha value is -2.37. The summed E-state index contributed by atoms with van der Waals surface area (Å²) in [6, 6.07) is 6.54. The minimum atomic E-state index is -0.381. The fraction of sp³-hybridized carbons (Fsp3) is 0.526. The van der Waals surface area contributed by atoms with E-state index in [-0.39, 0.29) is 29.7 Å². The summed E-state index contributed by atoms with van der Waals surface area (Å²) in [6.07, 6.45) is 4.33. The SMILES string of the molecule is CCCNC(=O)C1CCCN1C(=O)c1ccc(NC(=O)C2CC2)cc1. The number of likely N-dealkylation sites (tertiary alicyclic amines) is 1. The van der Waals surface area contributed by atoms with Crippen LogP contribution in [0.4, 0.5) is 5.69 Å². The summed E-state index contributed by atoms with van der Waals surface area (Å²) in [5.74, 6) is -0.00480. The minimum Gasteiger partial charge on any atom is -0.354 e. The van der Waals surface area contributed by atoms with Gasteiger partial charge in [-0.05, 0) is 56.4 Å². The van der Waals surface area contributed by atoms with Crippen LogP contribution in [0.3, 0.4) is 0 Å². The number of anilines is 1. The van der Waals surface area contributed by atoms with Crippen LogP contribution in [-0.4, -0.2) is 41.8 Å². The Labute approximate surface area is 148 Å². The standard InChI is InChI=1S/C19H25N3O3/c1-2-11-20-18(24)16-4-3-12-22(16)19(25)14-7-9-15(10-8-14)21-17(23)13-5-6-13/h7-10,13,16H,2-6,11-12H2,1H3,(H,20,24)(H,21,23). The molecule has 0 aromatic heterocycles. The second kappa shape index (κ2) is 7.68. The number of hydrogen-bond acceptors (Lipinski definition) is 3. The monoisotopic (exact) mass is 343 g/mol. The van der Waals surface area contributed by atoms with Crippen molar-refractivity contribution in [3.63, 3.8) is 0 Å². The fourth-order valence-electron chi connectivity index (χ4n) is 3.10. The molecule has 1 aromatic rings. The highest BCUT2D eigenvalue weighted by Crippen LogP contribution is 2.30. The lowest BCUT2D eigenvalue weighted by Crippen LogP contribution is -2.46. The zero-order valence-electron chi connectivity index (χ0n) is 14.6. The van der Waals surface area contributed by atoms with Gasteiger partial charge in [0, 0.05) is 30.3 Å². The molecule has 0 radical (unpaired) electrons. The lowest BCUT2D eigenvalue weighted by molar-refractivity contribution is -0.124. The van der Waals surface area contributed by atoms with Crippen LogP contribution in [-0.2, 0) is 9.59 Å². The van der Waals surface area contributed by atoms with Crippen molar-refractivity contribution >= 4 is 23.4 Å². The number of carbonyl (C=O) groups is 3. The average Bonchev–Trinajstić information content (AvgIpc) is 3.36. The maximum Gasteiger partial charge on any atom is 0.254 e. The largest absolute Gasteiger partial charge is 0.354 e. The predicted molar refractivity (Wildman–Crippen MR) is 95.2 cm³/mol. The number of nitrogens with one attached hydrogen (secondary N) is 2. The summed E-state index contributed by atoms with van der Waals surface area (Å²) >= 11 is 0. The Kier molecular flexibility index (Phi) is 5.36. The molecule has 2 aliphatic rings. The summed E-state index contributed by atoms with van der Waals surface area (Å²) in [5, 5.41) is 5.74. The van der Waals surface area contributed by atoms with E-state index < -0.39 is 0 Å². The van der Waals surface area contributed by atoms with Gasteiger partial charge < -0.3 is 15.5 Å². The van der Waals surface area contributed by atoms with Crippen molar-refractivity contribution < 1.29 is 14.4 Å². The van der Waals surface area contributed by atoms with Crippen molar-refractivity contribution in [1.29, 1.82) is 0 Å². The summed E-state index contributed by atoms with van der Waals surface area (Å²) < 4.78 is 0. The third-order valence-corrected chi connectivity index (χ3v) is 4.71. The zero-order chi connectivity index (χ0) is 17.8. The molecule has 1 heterocycles. The van der Waals surface area contributed by atoms with E-state index in [0.717, 1.165) is 25.7 Å². The summed E-state index contributed by atoms with van der Waals surface area (Å²) in [7, 11) is 0. The molecule has 1 aliphatic heterocycles. The topological polar surface area (TPSA) is 78.5 Å². The maximum atomic E-state index is 12.7. The van der Waals surface area contributed by atoms with E-state index in [1.54, 1.807) is 29.2 Å². The molecule has 3 rings (SSSR count). The smallest absolute Gasteiger partial charge is 0.254 e. The van der Waals surface area contributed by atoms with E-state index in [1.807, 2.05) is 6.92 Å².